The maximum absolute atomic E-state index is 12.6. The molecule has 1 saturated carbocycles. The number of aromatic nitrogens is 2. The number of ether oxygens (including phenoxy) is 1. The monoisotopic (exact) mass is 408 g/mol. The zero-order valence-electron chi connectivity index (χ0n) is 17.0. The van der Waals surface area contributed by atoms with Crippen LogP contribution in [0.15, 0.2) is 40.3 Å². The number of fused-ring (bicyclic) bond motifs is 1. The number of aliphatic imine (C=N–C) groups is 2. The van der Waals surface area contributed by atoms with Crippen molar-refractivity contribution in [2.24, 2.45) is 15.9 Å². The fraction of sp³-hybridized carbons (Fsp3) is 0.381. The lowest BCUT2D eigenvalue weighted by molar-refractivity contribution is -0.120. The number of carbonyl (C=O) groups is 2. The van der Waals surface area contributed by atoms with Crippen LogP contribution in [0, 0.1) is 12.8 Å². The lowest BCUT2D eigenvalue weighted by atomic mass is 9.86. The molecular weight excluding hydrogens is 384 g/mol. The molecule has 3 amide bonds. The second-order valence-electron chi connectivity index (χ2n) is 7.24. The molecule has 1 aromatic carbocycles. The predicted molar refractivity (Wildman–Crippen MR) is 114 cm³/mol. The summed E-state index contributed by atoms with van der Waals surface area (Å²) in [6.45, 7) is 4.16. The van der Waals surface area contributed by atoms with Crippen LogP contribution in [0.2, 0.25) is 0 Å². The summed E-state index contributed by atoms with van der Waals surface area (Å²) in [5, 5.41) is 9.92. The first-order valence-corrected chi connectivity index (χ1v) is 10.1. The van der Waals surface area contributed by atoms with Crippen molar-refractivity contribution in [1.82, 2.24) is 9.78 Å². The van der Waals surface area contributed by atoms with Gasteiger partial charge in [0, 0.05) is 11.8 Å². The summed E-state index contributed by atoms with van der Waals surface area (Å²) in [5.41, 5.74) is 2.07. The number of para-hydroxylation sites is 2. The second-order valence-corrected chi connectivity index (χ2v) is 7.24. The molecule has 9 heteroatoms. The highest BCUT2D eigenvalue weighted by atomic mass is 16.5. The Bertz CT molecular complexity index is 1040. The number of anilines is 2. The minimum atomic E-state index is -0.464. The van der Waals surface area contributed by atoms with E-state index in [9.17, 15) is 9.59 Å². The fourth-order valence-corrected chi connectivity index (χ4v) is 3.68. The van der Waals surface area contributed by atoms with Crippen LogP contribution in [0.5, 0.6) is 5.75 Å². The fourth-order valence-electron chi connectivity index (χ4n) is 3.68. The number of hydrogen-bond donors (Lipinski definition) is 2. The molecule has 1 aliphatic carbocycles. The van der Waals surface area contributed by atoms with E-state index in [1.165, 1.54) is 4.68 Å². The summed E-state index contributed by atoms with van der Waals surface area (Å²) >= 11 is 0. The molecule has 9 nitrogen and oxygen atoms in total. The summed E-state index contributed by atoms with van der Waals surface area (Å²) in [7, 11) is 0. The Morgan fingerprint density at radius 2 is 2.07 bits per heavy atom. The molecule has 1 atom stereocenters. The van der Waals surface area contributed by atoms with Crippen LogP contribution in [-0.2, 0) is 4.79 Å². The lowest BCUT2D eigenvalue weighted by Gasteiger charge is -2.24. The molecule has 0 spiro atoms. The quantitative estimate of drug-likeness (QED) is 0.805. The number of aryl methyl sites for hydroxylation is 1. The van der Waals surface area contributed by atoms with Crippen LogP contribution in [-0.4, -0.2) is 40.0 Å². The second kappa shape index (κ2) is 8.48. The van der Waals surface area contributed by atoms with Gasteiger partial charge in [-0.05, 0) is 45.2 Å². The molecule has 4 rings (SSSR count). The number of amides is 3. The van der Waals surface area contributed by atoms with E-state index in [4.69, 9.17) is 4.74 Å². The van der Waals surface area contributed by atoms with Gasteiger partial charge in [0.1, 0.15) is 11.6 Å². The van der Waals surface area contributed by atoms with E-state index in [2.05, 4.69) is 25.7 Å². The van der Waals surface area contributed by atoms with Gasteiger partial charge in [-0.1, -0.05) is 18.6 Å². The van der Waals surface area contributed by atoms with E-state index in [1.54, 1.807) is 25.1 Å². The summed E-state index contributed by atoms with van der Waals surface area (Å²) in [4.78, 5) is 33.8. The number of hydrogen-bond acceptors (Lipinski definition) is 5. The SMILES string of the molecule is CCOc1ccccc1NC(=O)Nc1cc(C)nn1C1=NC(=O)C2CCCCC2=N1. The van der Waals surface area contributed by atoms with Crippen molar-refractivity contribution in [1.29, 1.82) is 0 Å². The van der Waals surface area contributed by atoms with Gasteiger partial charge in [-0.15, -0.1) is 0 Å². The number of nitrogens with zero attached hydrogens (tertiary/aromatic N) is 4. The van der Waals surface area contributed by atoms with Crippen molar-refractivity contribution in [3.63, 3.8) is 0 Å². The molecule has 0 saturated heterocycles. The third kappa shape index (κ3) is 4.10. The number of nitrogens with one attached hydrogen (secondary N) is 2. The molecule has 1 aromatic heterocycles. The third-order valence-corrected chi connectivity index (χ3v) is 5.03. The predicted octanol–water partition coefficient (Wildman–Crippen LogP) is 3.61. The standard InChI is InChI=1S/C21H24N6O3/c1-3-30-17-11-7-6-10-16(17)23-21(29)24-18-12-13(2)26-27(18)20-22-15-9-5-4-8-14(15)19(28)25-20/h6-7,10-12,14H,3-5,8-9H2,1-2H3,(H2,23,24,29). The minimum absolute atomic E-state index is 0.186. The van der Waals surface area contributed by atoms with Crippen LogP contribution < -0.4 is 15.4 Å². The maximum atomic E-state index is 12.6. The van der Waals surface area contributed by atoms with Gasteiger partial charge in [0.2, 0.25) is 0 Å². The van der Waals surface area contributed by atoms with Crippen molar-refractivity contribution in [2.75, 3.05) is 17.2 Å². The highest BCUT2D eigenvalue weighted by molar-refractivity contribution is 6.16. The van der Waals surface area contributed by atoms with Gasteiger partial charge < -0.3 is 10.1 Å². The number of urea groups is 1. The molecule has 2 N–H and O–H groups in total. The number of rotatable bonds is 4. The molecular formula is C21H24N6O3. The van der Waals surface area contributed by atoms with Crippen LogP contribution in [0.25, 0.3) is 0 Å². The van der Waals surface area contributed by atoms with Crippen molar-refractivity contribution in [2.45, 2.75) is 39.5 Å². The third-order valence-electron chi connectivity index (χ3n) is 5.03. The van der Waals surface area contributed by atoms with Gasteiger partial charge >= 0.3 is 6.03 Å². The Kier molecular flexibility index (Phi) is 5.60. The van der Waals surface area contributed by atoms with Crippen molar-refractivity contribution < 1.29 is 14.3 Å². The van der Waals surface area contributed by atoms with Gasteiger partial charge in [-0.3, -0.25) is 10.1 Å². The zero-order valence-corrected chi connectivity index (χ0v) is 17.0. The highest BCUT2D eigenvalue weighted by Crippen LogP contribution is 2.27. The van der Waals surface area contributed by atoms with E-state index >= 15 is 0 Å². The van der Waals surface area contributed by atoms with Crippen LogP contribution in [0.3, 0.4) is 0 Å². The van der Waals surface area contributed by atoms with Crippen LogP contribution in [0.1, 0.15) is 38.3 Å². The van der Waals surface area contributed by atoms with Gasteiger partial charge in [-0.2, -0.15) is 14.8 Å². The lowest BCUT2D eigenvalue weighted by Crippen LogP contribution is -2.34. The summed E-state index contributed by atoms with van der Waals surface area (Å²) < 4.78 is 6.94. The Labute approximate surface area is 174 Å². The molecule has 156 valence electrons. The van der Waals surface area contributed by atoms with Crippen molar-refractivity contribution >= 4 is 35.1 Å². The number of benzene rings is 1. The Morgan fingerprint density at radius 3 is 2.90 bits per heavy atom. The molecule has 0 bridgehead atoms. The van der Waals surface area contributed by atoms with E-state index < -0.39 is 6.03 Å². The molecule has 2 aliphatic rings. The van der Waals surface area contributed by atoms with Crippen molar-refractivity contribution in [3.05, 3.63) is 36.0 Å². The smallest absolute Gasteiger partial charge is 0.324 e. The average molecular weight is 408 g/mol. The first-order valence-electron chi connectivity index (χ1n) is 10.1. The maximum Gasteiger partial charge on any atom is 0.324 e. The van der Waals surface area contributed by atoms with Crippen molar-refractivity contribution in [3.8, 4) is 5.75 Å². The molecule has 30 heavy (non-hydrogen) atoms. The summed E-state index contributed by atoms with van der Waals surface area (Å²) in [5.74, 6) is 0.741. The molecule has 2 aromatic rings. The van der Waals surface area contributed by atoms with E-state index in [0.29, 0.717) is 29.6 Å². The van der Waals surface area contributed by atoms with Gasteiger partial charge in [0.05, 0.1) is 23.9 Å². The molecule has 1 unspecified atom stereocenters. The molecule has 1 aliphatic heterocycles. The van der Waals surface area contributed by atoms with Gasteiger partial charge in [0.15, 0.2) is 0 Å². The molecule has 2 heterocycles. The van der Waals surface area contributed by atoms with Gasteiger partial charge in [0.25, 0.3) is 11.9 Å². The van der Waals surface area contributed by atoms with Crippen LogP contribution in [0.4, 0.5) is 16.3 Å². The minimum Gasteiger partial charge on any atom is -0.492 e. The van der Waals surface area contributed by atoms with Gasteiger partial charge in [-0.25, -0.2) is 9.79 Å². The summed E-state index contributed by atoms with van der Waals surface area (Å²) in [6.07, 6.45) is 3.60. The first kappa shape index (κ1) is 19.8. The van der Waals surface area contributed by atoms with E-state index in [1.807, 2.05) is 19.1 Å². The Balaban J connectivity index is 1.55. The van der Waals surface area contributed by atoms with E-state index in [0.717, 1.165) is 31.4 Å². The number of carbonyl (C=O) groups excluding carboxylic acids is 2. The van der Waals surface area contributed by atoms with Crippen LogP contribution >= 0.6 is 0 Å². The largest absolute Gasteiger partial charge is 0.492 e. The normalized spacial score (nSPS) is 18.2. The highest BCUT2D eigenvalue weighted by Gasteiger charge is 2.32. The topological polar surface area (TPSA) is 110 Å². The van der Waals surface area contributed by atoms with E-state index in [-0.39, 0.29) is 17.8 Å². The molecule has 1 fully saturated rings. The average Bonchev–Trinajstić information content (AvgIpc) is 3.09. The Morgan fingerprint density at radius 1 is 1.23 bits per heavy atom. The zero-order chi connectivity index (χ0) is 21.1. The Hall–Kier alpha value is -3.49. The first-order chi connectivity index (χ1) is 14.5. The summed E-state index contributed by atoms with van der Waals surface area (Å²) in [6, 6.07) is 8.43. The molecule has 0 radical (unpaired) electrons.